The fraction of sp³-hybridized carbons (Fsp3) is 0.889. The molecule has 0 aromatic rings. The number of aliphatic imine (C=N–C) groups is 1. The molecule has 0 aromatic heterocycles. The van der Waals surface area contributed by atoms with Gasteiger partial charge >= 0.3 is 0 Å². The van der Waals surface area contributed by atoms with Crippen molar-refractivity contribution in [1.29, 1.82) is 0 Å². The van der Waals surface area contributed by atoms with Gasteiger partial charge in [0, 0.05) is 12.3 Å². The molecule has 0 saturated carbocycles. The fourth-order valence-corrected chi connectivity index (χ4v) is 1.45. The third kappa shape index (κ3) is 1.83. The topological polar surface area (TPSA) is 12.4 Å². The molecule has 1 nitrogen and oxygen atoms in total. The molecule has 0 bridgehead atoms. The summed E-state index contributed by atoms with van der Waals surface area (Å²) in [6, 6.07) is 0. The molecule has 10 heavy (non-hydrogen) atoms. The van der Waals surface area contributed by atoms with Gasteiger partial charge in [0.05, 0.1) is 0 Å². The average Bonchev–Trinajstić information content (AvgIpc) is 2.12. The van der Waals surface area contributed by atoms with E-state index in [9.17, 15) is 0 Å². The Bertz CT molecular complexity index is 145. The number of rotatable bonds is 2. The monoisotopic (exact) mass is 139 g/mol. The molecule has 0 radical (unpaired) electrons. The minimum atomic E-state index is 0.463. The van der Waals surface area contributed by atoms with Crippen LogP contribution in [0.25, 0.3) is 0 Å². The molecule has 0 atom stereocenters. The maximum absolute atomic E-state index is 4.49. The van der Waals surface area contributed by atoms with E-state index in [0.717, 1.165) is 6.54 Å². The highest BCUT2D eigenvalue weighted by Crippen LogP contribution is 2.28. The van der Waals surface area contributed by atoms with Gasteiger partial charge in [-0.05, 0) is 18.3 Å². The Balaban J connectivity index is 2.39. The van der Waals surface area contributed by atoms with Gasteiger partial charge in [-0.15, -0.1) is 0 Å². The summed E-state index contributed by atoms with van der Waals surface area (Å²) in [4.78, 5) is 4.49. The second-order valence-corrected chi connectivity index (χ2v) is 3.97. The molecular weight excluding hydrogens is 122 g/mol. The number of hydrogen-bond donors (Lipinski definition) is 0. The summed E-state index contributed by atoms with van der Waals surface area (Å²) in [5, 5.41) is 0. The summed E-state index contributed by atoms with van der Waals surface area (Å²) >= 11 is 0. The molecule has 1 aliphatic rings. The quantitative estimate of drug-likeness (QED) is 0.557. The van der Waals surface area contributed by atoms with Crippen molar-refractivity contribution in [2.45, 2.75) is 40.0 Å². The first kappa shape index (κ1) is 7.77. The zero-order chi connectivity index (χ0) is 7.61. The molecule has 0 N–H and O–H groups in total. The van der Waals surface area contributed by atoms with Crippen LogP contribution in [0.15, 0.2) is 4.99 Å². The van der Waals surface area contributed by atoms with Gasteiger partial charge < -0.3 is 0 Å². The van der Waals surface area contributed by atoms with Crippen molar-refractivity contribution in [3.63, 3.8) is 0 Å². The van der Waals surface area contributed by atoms with Gasteiger partial charge in [0.1, 0.15) is 0 Å². The van der Waals surface area contributed by atoms with Gasteiger partial charge in [0.25, 0.3) is 0 Å². The predicted octanol–water partition coefficient (Wildman–Crippen LogP) is 2.66. The Morgan fingerprint density at radius 1 is 1.50 bits per heavy atom. The van der Waals surface area contributed by atoms with Gasteiger partial charge in [-0.3, -0.25) is 4.99 Å². The van der Waals surface area contributed by atoms with Crippen LogP contribution in [0.1, 0.15) is 40.0 Å². The largest absolute Gasteiger partial charge is 0.294 e. The van der Waals surface area contributed by atoms with Crippen LogP contribution < -0.4 is 0 Å². The van der Waals surface area contributed by atoms with E-state index in [1.807, 2.05) is 0 Å². The lowest BCUT2D eigenvalue weighted by Crippen LogP contribution is -2.11. The maximum atomic E-state index is 4.49. The van der Waals surface area contributed by atoms with Gasteiger partial charge in [0.2, 0.25) is 0 Å². The molecule has 0 saturated heterocycles. The predicted molar refractivity (Wildman–Crippen MR) is 45.6 cm³/mol. The zero-order valence-corrected chi connectivity index (χ0v) is 7.28. The van der Waals surface area contributed by atoms with Crippen LogP contribution in [0, 0.1) is 5.41 Å². The van der Waals surface area contributed by atoms with Crippen molar-refractivity contribution in [3.8, 4) is 0 Å². The molecule has 0 aromatic carbocycles. The van der Waals surface area contributed by atoms with Crippen LogP contribution in [0.4, 0.5) is 0 Å². The van der Waals surface area contributed by atoms with E-state index in [-0.39, 0.29) is 0 Å². The summed E-state index contributed by atoms with van der Waals surface area (Å²) in [6.07, 6.45) is 3.68. The van der Waals surface area contributed by atoms with Crippen LogP contribution in [-0.4, -0.2) is 12.3 Å². The molecule has 1 aliphatic heterocycles. The zero-order valence-electron chi connectivity index (χ0n) is 7.28. The van der Waals surface area contributed by atoms with E-state index in [0.29, 0.717) is 5.41 Å². The van der Waals surface area contributed by atoms with Crippen molar-refractivity contribution >= 4 is 5.71 Å². The minimum absolute atomic E-state index is 0.463. The van der Waals surface area contributed by atoms with E-state index >= 15 is 0 Å². The summed E-state index contributed by atoms with van der Waals surface area (Å²) in [7, 11) is 0. The van der Waals surface area contributed by atoms with Crippen LogP contribution in [0.2, 0.25) is 0 Å². The molecule has 58 valence electrons. The second-order valence-electron chi connectivity index (χ2n) is 3.97. The Hall–Kier alpha value is -0.330. The lowest BCUT2D eigenvalue weighted by molar-refractivity contribution is 0.422. The van der Waals surface area contributed by atoms with E-state index in [4.69, 9.17) is 0 Å². The SMILES string of the molecule is CCCC1=NCC(C)(C)C1. The average molecular weight is 139 g/mol. The van der Waals surface area contributed by atoms with Crippen LogP contribution >= 0.6 is 0 Å². The first-order valence-electron chi connectivity index (χ1n) is 4.16. The van der Waals surface area contributed by atoms with Crippen molar-refractivity contribution in [2.75, 3.05) is 6.54 Å². The van der Waals surface area contributed by atoms with Crippen molar-refractivity contribution in [1.82, 2.24) is 0 Å². The Morgan fingerprint density at radius 2 is 2.20 bits per heavy atom. The molecule has 0 aliphatic carbocycles. The van der Waals surface area contributed by atoms with Crippen molar-refractivity contribution < 1.29 is 0 Å². The molecule has 1 heteroatoms. The van der Waals surface area contributed by atoms with E-state index in [1.54, 1.807) is 0 Å². The normalized spacial score (nSPS) is 22.9. The maximum Gasteiger partial charge on any atom is 0.0443 e. The second kappa shape index (κ2) is 2.73. The Kier molecular flexibility index (Phi) is 2.12. The fourth-order valence-electron chi connectivity index (χ4n) is 1.45. The van der Waals surface area contributed by atoms with Gasteiger partial charge in [0.15, 0.2) is 0 Å². The summed E-state index contributed by atoms with van der Waals surface area (Å²) in [5.41, 5.74) is 1.90. The summed E-state index contributed by atoms with van der Waals surface area (Å²) in [6.45, 7) is 7.84. The lowest BCUT2D eigenvalue weighted by Gasteiger charge is -2.14. The first-order chi connectivity index (χ1) is 4.64. The first-order valence-corrected chi connectivity index (χ1v) is 4.16. The Morgan fingerprint density at radius 3 is 2.60 bits per heavy atom. The lowest BCUT2D eigenvalue weighted by atomic mass is 9.89. The van der Waals surface area contributed by atoms with Crippen LogP contribution in [0.3, 0.4) is 0 Å². The van der Waals surface area contributed by atoms with Gasteiger partial charge in [-0.2, -0.15) is 0 Å². The molecule has 0 spiro atoms. The molecular formula is C9H17N. The molecule has 1 heterocycles. The molecule has 1 rings (SSSR count). The third-order valence-corrected chi connectivity index (χ3v) is 1.95. The van der Waals surface area contributed by atoms with E-state index in [1.165, 1.54) is 25.0 Å². The smallest absolute Gasteiger partial charge is 0.0443 e. The van der Waals surface area contributed by atoms with E-state index < -0.39 is 0 Å². The van der Waals surface area contributed by atoms with Crippen LogP contribution in [0.5, 0.6) is 0 Å². The summed E-state index contributed by atoms with van der Waals surface area (Å²) in [5.74, 6) is 0. The van der Waals surface area contributed by atoms with Crippen molar-refractivity contribution in [2.24, 2.45) is 10.4 Å². The van der Waals surface area contributed by atoms with E-state index in [2.05, 4.69) is 25.8 Å². The summed E-state index contributed by atoms with van der Waals surface area (Å²) < 4.78 is 0. The molecule has 0 unspecified atom stereocenters. The molecule has 0 amide bonds. The van der Waals surface area contributed by atoms with Gasteiger partial charge in [-0.25, -0.2) is 0 Å². The van der Waals surface area contributed by atoms with Crippen molar-refractivity contribution in [3.05, 3.63) is 0 Å². The minimum Gasteiger partial charge on any atom is -0.294 e. The molecule has 0 fully saturated rings. The number of hydrogen-bond acceptors (Lipinski definition) is 1. The highest BCUT2D eigenvalue weighted by Gasteiger charge is 2.24. The van der Waals surface area contributed by atoms with Crippen LogP contribution in [-0.2, 0) is 0 Å². The number of nitrogens with zero attached hydrogens (tertiary/aromatic N) is 1. The third-order valence-electron chi connectivity index (χ3n) is 1.95. The van der Waals surface area contributed by atoms with Gasteiger partial charge in [-0.1, -0.05) is 27.2 Å². The highest BCUT2D eigenvalue weighted by atomic mass is 14.8. The standard InChI is InChI=1S/C9H17N/c1-4-5-8-6-9(2,3)7-10-8/h4-7H2,1-3H3. The Labute approximate surface area is 63.5 Å². The highest BCUT2D eigenvalue weighted by molar-refractivity contribution is 5.86.